The van der Waals surface area contributed by atoms with Crippen LogP contribution in [0, 0.1) is 0 Å². The maximum atomic E-state index is 12.0. The molecule has 0 aromatic rings. The molecule has 1 unspecified atom stereocenters. The van der Waals surface area contributed by atoms with Gasteiger partial charge in [-0.05, 0) is 32.6 Å². The molecule has 0 aromatic carbocycles. The van der Waals surface area contributed by atoms with Gasteiger partial charge in [-0.1, -0.05) is 6.42 Å². The minimum Gasteiger partial charge on any atom is -0.313 e. The van der Waals surface area contributed by atoms with Gasteiger partial charge in [0, 0.05) is 31.7 Å². The van der Waals surface area contributed by atoms with Gasteiger partial charge in [-0.2, -0.15) is 12.7 Å². The van der Waals surface area contributed by atoms with Crippen LogP contribution in [0.3, 0.4) is 0 Å². The predicted molar refractivity (Wildman–Crippen MR) is 68.0 cm³/mol. The number of rotatable bonds is 6. The maximum absolute atomic E-state index is 12.0. The van der Waals surface area contributed by atoms with Crippen molar-refractivity contribution in [1.82, 2.24) is 14.3 Å². The maximum Gasteiger partial charge on any atom is 0.279 e. The van der Waals surface area contributed by atoms with Gasteiger partial charge in [-0.3, -0.25) is 0 Å². The predicted octanol–water partition coefficient (Wildman–Crippen LogP) is 0.447. The lowest BCUT2D eigenvalue weighted by Crippen LogP contribution is -2.49. The van der Waals surface area contributed by atoms with Gasteiger partial charge < -0.3 is 5.32 Å². The van der Waals surface area contributed by atoms with Crippen molar-refractivity contribution in [3.05, 3.63) is 0 Å². The summed E-state index contributed by atoms with van der Waals surface area (Å²) in [5.41, 5.74) is 0. The van der Waals surface area contributed by atoms with Crippen LogP contribution in [0.15, 0.2) is 0 Å². The Bertz CT molecular complexity index is 341. The molecule has 1 aliphatic heterocycles. The van der Waals surface area contributed by atoms with E-state index in [0.29, 0.717) is 19.1 Å². The van der Waals surface area contributed by atoms with Crippen LogP contribution >= 0.6 is 0 Å². The Morgan fingerprint density at radius 3 is 2.59 bits per heavy atom. The van der Waals surface area contributed by atoms with Gasteiger partial charge in [0.15, 0.2) is 0 Å². The van der Waals surface area contributed by atoms with Crippen molar-refractivity contribution >= 4 is 10.2 Å². The highest BCUT2D eigenvalue weighted by Gasteiger charge is 2.29. The topological polar surface area (TPSA) is 61.4 Å². The molecule has 0 amide bonds. The zero-order valence-electron chi connectivity index (χ0n) is 10.5. The van der Waals surface area contributed by atoms with E-state index in [9.17, 15) is 8.42 Å². The second-order valence-corrected chi connectivity index (χ2v) is 6.79. The standard InChI is InChI=1S/C11H23N3O2S/c1-10-4-2-3-9-14(10)17(15,16)13-8-7-12-11-5-6-11/h10-13H,2-9H2,1H3. The Morgan fingerprint density at radius 1 is 1.18 bits per heavy atom. The summed E-state index contributed by atoms with van der Waals surface area (Å²) in [7, 11) is -3.27. The highest BCUT2D eigenvalue weighted by atomic mass is 32.2. The molecule has 100 valence electrons. The summed E-state index contributed by atoms with van der Waals surface area (Å²) in [6.07, 6.45) is 5.55. The fourth-order valence-electron chi connectivity index (χ4n) is 2.26. The Hall–Kier alpha value is -0.170. The number of hydrogen-bond acceptors (Lipinski definition) is 3. The van der Waals surface area contributed by atoms with Crippen LogP contribution in [0.4, 0.5) is 0 Å². The first kappa shape index (κ1) is 13.3. The van der Waals surface area contributed by atoms with Gasteiger partial charge in [0.05, 0.1) is 0 Å². The van der Waals surface area contributed by atoms with E-state index in [-0.39, 0.29) is 6.04 Å². The highest BCUT2D eigenvalue weighted by Crippen LogP contribution is 2.19. The molecule has 2 N–H and O–H groups in total. The lowest BCUT2D eigenvalue weighted by Gasteiger charge is -2.32. The molecular formula is C11H23N3O2S. The van der Waals surface area contributed by atoms with Crippen molar-refractivity contribution in [2.75, 3.05) is 19.6 Å². The van der Waals surface area contributed by atoms with Gasteiger partial charge in [-0.25, -0.2) is 4.72 Å². The van der Waals surface area contributed by atoms with Crippen LogP contribution in [-0.2, 0) is 10.2 Å². The summed E-state index contributed by atoms with van der Waals surface area (Å²) in [6, 6.07) is 0.769. The molecule has 0 radical (unpaired) electrons. The Kier molecular flexibility index (Phi) is 4.41. The molecule has 0 bridgehead atoms. The molecule has 0 spiro atoms. The van der Waals surface area contributed by atoms with E-state index in [1.54, 1.807) is 4.31 Å². The van der Waals surface area contributed by atoms with Crippen molar-refractivity contribution < 1.29 is 8.42 Å². The molecule has 2 aliphatic rings. The van der Waals surface area contributed by atoms with Gasteiger partial charge in [0.25, 0.3) is 10.2 Å². The minimum atomic E-state index is -3.27. The monoisotopic (exact) mass is 261 g/mol. The normalized spacial score (nSPS) is 27.2. The molecule has 1 saturated carbocycles. The van der Waals surface area contributed by atoms with E-state index in [0.717, 1.165) is 25.8 Å². The van der Waals surface area contributed by atoms with E-state index in [2.05, 4.69) is 10.0 Å². The van der Waals surface area contributed by atoms with Crippen LogP contribution in [0.5, 0.6) is 0 Å². The molecule has 0 aromatic heterocycles. The molecule has 1 saturated heterocycles. The summed E-state index contributed by atoms with van der Waals surface area (Å²) in [4.78, 5) is 0. The summed E-state index contributed by atoms with van der Waals surface area (Å²) in [6.45, 7) is 3.86. The third kappa shape index (κ3) is 3.91. The lowest BCUT2D eigenvalue weighted by molar-refractivity contribution is 0.265. The number of nitrogens with zero attached hydrogens (tertiary/aromatic N) is 1. The smallest absolute Gasteiger partial charge is 0.279 e. The fraction of sp³-hybridized carbons (Fsp3) is 1.00. The molecule has 17 heavy (non-hydrogen) atoms. The van der Waals surface area contributed by atoms with Crippen LogP contribution in [0.1, 0.15) is 39.0 Å². The first-order valence-electron chi connectivity index (χ1n) is 6.59. The summed E-state index contributed by atoms with van der Waals surface area (Å²) >= 11 is 0. The van der Waals surface area contributed by atoms with Crippen LogP contribution < -0.4 is 10.0 Å². The van der Waals surface area contributed by atoms with Gasteiger partial charge in [0.2, 0.25) is 0 Å². The number of hydrogen-bond donors (Lipinski definition) is 2. The first-order chi connectivity index (χ1) is 8.09. The molecule has 2 rings (SSSR count). The van der Waals surface area contributed by atoms with Crippen LogP contribution in [0.2, 0.25) is 0 Å². The van der Waals surface area contributed by atoms with Crippen molar-refractivity contribution in [3.63, 3.8) is 0 Å². The van der Waals surface area contributed by atoms with Gasteiger partial charge in [0.1, 0.15) is 0 Å². The Morgan fingerprint density at radius 2 is 1.94 bits per heavy atom. The third-order valence-electron chi connectivity index (χ3n) is 3.47. The van der Waals surface area contributed by atoms with E-state index in [1.165, 1.54) is 12.8 Å². The summed E-state index contributed by atoms with van der Waals surface area (Å²) < 4.78 is 28.4. The summed E-state index contributed by atoms with van der Waals surface area (Å²) in [5, 5.41) is 3.30. The largest absolute Gasteiger partial charge is 0.313 e. The molecule has 2 fully saturated rings. The third-order valence-corrected chi connectivity index (χ3v) is 5.20. The molecule has 1 aliphatic carbocycles. The lowest BCUT2D eigenvalue weighted by atomic mass is 10.1. The SMILES string of the molecule is CC1CCCCN1S(=O)(=O)NCCNC1CC1. The first-order valence-corrected chi connectivity index (χ1v) is 8.03. The zero-order chi connectivity index (χ0) is 12.3. The van der Waals surface area contributed by atoms with Crippen molar-refractivity contribution in [2.45, 2.75) is 51.1 Å². The van der Waals surface area contributed by atoms with E-state index in [1.807, 2.05) is 6.92 Å². The molecule has 1 heterocycles. The van der Waals surface area contributed by atoms with Gasteiger partial charge >= 0.3 is 0 Å². The number of nitrogens with one attached hydrogen (secondary N) is 2. The fourth-order valence-corrected chi connectivity index (χ4v) is 3.73. The quantitative estimate of drug-likeness (QED) is 0.682. The second-order valence-electron chi connectivity index (χ2n) is 5.08. The van der Waals surface area contributed by atoms with Crippen molar-refractivity contribution in [1.29, 1.82) is 0 Å². The van der Waals surface area contributed by atoms with Crippen LogP contribution in [-0.4, -0.2) is 44.4 Å². The highest BCUT2D eigenvalue weighted by molar-refractivity contribution is 7.87. The average Bonchev–Trinajstić information content (AvgIpc) is 3.09. The Labute approximate surface area is 104 Å². The Balaban J connectivity index is 1.75. The van der Waals surface area contributed by atoms with Gasteiger partial charge in [-0.15, -0.1) is 0 Å². The molecule has 5 nitrogen and oxygen atoms in total. The van der Waals surface area contributed by atoms with Crippen LogP contribution in [0.25, 0.3) is 0 Å². The minimum absolute atomic E-state index is 0.137. The number of piperidine rings is 1. The zero-order valence-corrected chi connectivity index (χ0v) is 11.3. The van der Waals surface area contributed by atoms with E-state index < -0.39 is 10.2 Å². The summed E-state index contributed by atoms with van der Waals surface area (Å²) in [5.74, 6) is 0. The average molecular weight is 261 g/mol. The molecule has 1 atom stereocenters. The second kappa shape index (κ2) is 5.65. The molecule has 6 heteroatoms. The van der Waals surface area contributed by atoms with E-state index in [4.69, 9.17) is 0 Å². The van der Waals surface area contributed by atoms with Crippen molar-refractivity contribution in [3.8, 4) is 0 Å². The molecular weight excluding hydrogens is 238 g/mol. The van der Waals surface area contributed by atoms with E-state index >= 15 is 0 Å². The van der Waals surface area contributed by atoms with Crippen molar-refractivity contribution in [2.24, 2.45) is 0 Å².